The lowest BCUT2D eigenvalue weighted by Crippen LogP contribution is -2.35. The zero-order valence-corrected chi connectivity index (χ0v) is 15.7. The Labute approximate surface area is 161 Å². The van der Waals surface area contributed by atoms with Gasteiger partial charge in [0.2, 0.25) is 5.76 Å². The average molecular weight is 384 g/mol. The van der Waals surface area contributed by atoms with E-state index in [1.165, 1.54) is 0 Å². The summed E-state index contributed by atoms with van der Waals surface area (Å²) in [6, 6.07) is 7.98. The number of likely N-dealkylation sites (N-methyl/N-ethyl adjacent to an activating group) is 1. The van der Waals surface area contributed by atoms with Gasteiger partial charge in [0.05, 0.1) is 17.0 Å². The molecule has 138 valence electrons. The molecule has 0 saturated heterocycles. The van der Waals surface area contributed by atoms with E-state index in [4.69, 9.17) is 16.0 Å². The Kier molecular flexibility index (Phi) is 4.45. The summed E-state index contributed by atoms with van der Waals surface area (Å²) in [7, 11) is 3.88. The summed E-state index contributed by atoms with van der Waals surface area (Å²) in [5.41, 5.74) is 1.32. The van der Waals surface area contributed by atoms with Crippen LogP contribution >= 0.6 is 11.6 Å². The quantitative estimate of drug-likeness (QED) is 0.693. The summed E-state index contributed by atoms with van der Waals surface area (Å²) in [4.78, 5) is 34.1. The summed E-state index contributed by atoms with van der Waals surface area (Å²) >= 11 is 6.07. The smallest absolute Gasteiger partial charge is 0.290 e. The number of benzene rings is 1. The zero-order valence-electron chi connectivity index (χ0n) is 15.0. The normalized spacial score (nSPS) is 16.4. The van der Waals surface area contributed by atoms with Crippen LogP contribution in [-0.4, -0.2) is 47.9 Å². The summed E-state index contributed by atoms with van der Waals surface area (Å²) < 4.78 is 5.86. The molecular formula is C20H18ClN3O3. The molecule has 1 aromatic carbocycles. The maximum atomic E-state index is 13.3. The molecule has 0 N–H and O–H groups in total. The van der Waals surface area contributed by atoms with E-state index in [1.807, 2.05) is 31.1 Å². The maximum absolute atomic E-state index is 13.3. The largest absolute Gasteiger partial charge is 0.450 e. The molecule has 1 atom stereocenters. The highest BCUT2D eigenvalue weighted by molar-refractivity contribution is 6.31. The minimum absolute atomic E-state index is 0.107. The van der Waals surface area contributed by atoms with E-state index in [-0.39, 0.29) is 17.1 Å². The molecule has 0 unspecified atom stereocenters. The topological polar surface area (TPSA) is 66.7 Å². The number of amides is 1. The number of nitrogens with zero attached hydrogens (tertiary/aromatic N) is 3. The van der Waals surface area contributed by atoms with Crippen LogP contribution in [0, 0.1) is 0 Å². The van der Waals surface area contributed by atoms with Crippen LogP contribution in [0.1, 0.15) is 27.7 Å². The van der Waals surface area contributed by atoms with E-state index in [1.54, 1.807) is 35.5 Å². The lowest BCUT2D eigenvalue weighted by Gasteiger charge is -2.26. The number of hydrogen-bond donors (Lipinski definition) is 0. The molecule has 3 heterocycles. The van der Waals surface area contributed by atoms with Crippen LogP contribution in [0.3, 0.4) is 0 Å². The van der Waals surface area contributed by atoms with Crippen molar-refractivity contribution in [1.29, 1.82) is 0 Å². The van der Waals surface area contributed by atoms with E-state index in [0.717, 1.165) is 5.56 Å². The Balaban J connectivity index is 1.95. The molecule has 1 aliphatic heterocycles. The van der Waals surface area contributed by atoms with Gasteiger partial charge in [0.1, 0.15) is 5.58 Å². The van der Waals surface area contributed by atoms with Crippen molar-refractivity contribution in [3.63, 3.8) is 0 Å². The van der Waals surface area contributed by atoms with Gasteiger partial charge in [0.25, 0.3) is 5.91 Å². The molecule has 7 heteroatoms. The fourth-order valence-corrected chi connectivity index (χ4v) is 3.60. The van der Waals surface area contributed by atoms with Crippen LogP contribution in [0.4, 0.5) is 0 Å². The molecule has 6 nitrogen and oxygen atoms in total. The van der Waals surface area contributed by atoms with Crippen molar-refractivity contribution in [3.05, 3.63) is 74.9 Å². The van der Waals surface area contributed by atoms with Crippen LogP contribution in [0.5, 0.6) is 0 Å². The monoisotopic (exact) mass is 383 g/mol. The third-order valence-electron chi connectivity index (χ3n) is 4.74. The van der Waals surface area contributed by atoms with E-state index in [2.05, 4.69) is 4.98 Å². The highest BCUT2D eigenvalue weighted by atomic mass is 35.5. The van der Waals surface area contributed by atoms with Crippen LogP contribution in [0.2, 0.25) is 5.02 Å². The summed E-state index contributed by atoms with van der Waals surface area (Å²) in [6.07, 6.45) is 3.31. The van der Waals surface area contributed by atoms with Gasteiger partial charge in [0, 0.05) is 30.5 Å². The molecule has 4 rings (SSSR count). The van der Waals surface area contributed by atoms with Crippen molar-refractivity contribution in [2.75, 3.05) is 27.2 Å². The summed E-state index contributed by atoms with van der Waals surface area (Å²) in [6.45, 7) is 1.14. The Morgan fingerprint density at radius 1 is 1.19 bits per heavy atom. The first-order valence-electron chi connectivity index (χ1n) is 8.59. The Hall–Kier alpha value is -2.70. The van der Waals surface area contributed by atoms with Gasteiger partial charge >= 0.3 is 0 Å². The first kappa shape index (κ1) is 17.7. The SMILES string of the molecule is CN(C)CCN1C(=O)c2oc3ccc(Cl)cc3c(=O)c2[C@H]1c1ccncc1. The van der Waals surface area contributed by atoms with Crippen molar-refractivity contribution in [2.24, 2.45) is 0 Å². The van der Waals surface area contributed by atoms with Crippen LogP contribution in [0.25, 0.3) is 11.0 Å². The minimum Gasteiger partial charge on any atom is -0.450 e. The molecule has 0 fully saturated rings. The van der Waals surface area contributed by atoms with E-state index >= 15 is 0 Å². The van der Waals surface area contributed by atoms with Gasteiger partial charge in [-0.2, -0.15) is 0 Å². The Morgan fingerprint density at radius 2 is 1.93 bits per heavy atom. The fraction of sp³-hybridized carbons (Fsp3) is 0.250. The number of aromatic nitrogens is 1. The number of pyridine rings is 1. The zero-order chi connectivity index (χ0) is 19.1. The molecule has 27 heavy (non-hydrogen) atoms. The van der Waals surface area contributed by atoms with Gasteiger partial charge < -0.3 is 14.2 Å². The van der Waals surface area contributed by atoms with Crippen molar-refractivity contribution < 1.29 is 9.21 Å². The molecule has 0 radical (unpaired) electrons. The number of carbonyl (C=O) groups is 1. The van der Waals surface area contributed by atoms with Crippen molar-refractivity contribution in [3.8, 4) is 0 Å². The second kappa shape index (κ2) is 6.79. The Bertz CT molecular complexity index is 1080. The second-order valence-electron chi connectivity index (χ2n) is 6.80. The summed E-state index contributed by atoms with van der Waals surface area (Å²) in [5.74, 6) is -0.169. The molecular weight excluding hydrogens is 366 g/mol. The molecule has 0 spiro atoms. The van der Waals surface area contributed by atoms with Crippen molar-refractivity contribution in [1.82, 2.24) is 14.8 Å². The van der Waals surface area contributed by atoms with Crippen molar-refractivity contribution in [2.45, 2.75) is 6.04 Å². The van der Waals surface area contributed by atoms with Gasteiger partial charge in [-0.1, -0.05) is 11.6 Å². The van der Waals surface area contributed by atoms with Gasteiger partial charge in [-0.05, 0) is 50.0 Å². The third-order valence-corrected chi connectivity index (χ3v) is 4.97. The number of halogens is 1. The molecule has 3 aromatic rings. The lowest BCUT2D eigenvalue weighted by atomic mass is 9.99. The summed E-state index contributed by atoms with van der Waals surface area (Å²) in [5, 5.41) is 0.826. The standard InChI is InChI=1S/C20H18ClN3O3/c1-23(2)9-10-24-17(12-5-7-22-8-6-12)16-18(25)14-11-13(21)3-4-15(14)27-19(16)20(24)26/h3-8,11,17H,9-10H2,1-2H3/t17-/m1/s1. The molecule has 0 bridgehead atoms. The lowest BCUT2D eigenvalue weighted by molar-refractivity contribution is 0.0716. The second-order valence-corrected chi connectivity index (χ2v) is 7.24. The third kappa shape index (κ3) is 3.01. The molecule has 1 aliphatic rings. The van der Waals surface area contributed by atoms with Gasteiger partial charge in [-0.15, -0.1) is 0 Å². The predicted octanol–water partition coefficient (Wildman–Crippen LogP) is 2.95. The first-order chi connectivity index (χ1) is 13.0. The van der Waals surface area contributed by atoms with E-state index in [0.29, 0.717) is 34.6 Å². The van der Waals surface area contributed by atoms with Gasteiger partial charge in [-0.3, -0.25) is 14.6 Å². The molecule has 0 aliphatic carbocycles. The van der Waals surface area contributed by atoms with Crippen LogP contribution < -0.4 is 5.43 Å². The fourth-order valence-electron chi connectivity index (χ4n) is 3.42. The van der Waals surface area contributed by atoms with E-state index < -0.39 is 6.04 Å². The number of fused-ring (bicyclic) bond motifs is 2. The van der Waals surface area contributed by atoms with Crippen LogP contribution in [0.15, 0.2) is 51.9 Å². The first-order valence-corrected chi connectivity index (χ1v) is 8.97. The van der Waals surface area contributed by atoms with Crippen LogP contribution in [-0.2, 0) is 0 Å². The number of carbonyl (C=O) groups excluding carboxylic acids is 1. The average Bonchev–Trinajstić information content (AvgIpc) is 2.94. The minimum atomic E-state index is -0.505. The Morgan fingerprint density at radius 3 is 2.63 bits per heavy atom. The predicted molar refractivity (Wildman–Crippen MR) is 103 cm³/mol. The molecule has 0 saturated carbocycles. The van der Waals surface area contributed by atoms with Crippen molar-refractivity contribution >= 4 is 28.5 Å². The highest BCUT2D eigenvalue weighted by Crippen LogP contribution is 2.37. The van der Waals surface area contributed by atoms with Gasteiger partial charge in [0.15, 0.2) is 5.43 Å². The number of rotatable bonds is 4. The number of hydrogen-bond acceptors (Lipinski definition) is 5. The molecule has 2 aromatic heterocycles. The molecule has 1 amide bonds. The van der Waals surface area contributed by atoms with Gasteiger partial charge in [-0.25, -0.2) is 0 Å². The van der Waals surface area contributed by atoms with E-state index in [9.17, 15) is 9.59 Å². The maximum Gasteiger partial charge on any atom is 0.290 e. The highest BCUT2D eigenvalue weighted by Gasteiger charge is 2.42.